The molecule has 0 aromatic heterocycles. The van der Waals surface area contributed by atoms with Gasteiger partial charge in [-0.2, -0.15) is 0 Å². The van der Waals surface area contributed by atoms with Crippen LogP contribution in [0.25, 0.3) is 0 Å². The van der Waals surface area contributed by atoms with Gasteiger partial charge in [0.05, 0.1) is 11.5 Å². The minimum atomic E-state index is -1.02. The lowest BCUT2D eigenvalue weighted by atomic mass is 9.84. The molecule has 1 atom stereocenters. The van der Waals surface area contributed by atoms with Crippen LogP contribution in [0.15, 0.2) is 0 Å². The van der Waals surface area contributed by atoms with Crippen LogP contribution in [-0.4, -0.2) is 22.3 Å². The van der Waals surface area contributed by atoms with Crippen molar-refractivity contribution in [2.75, 3.05) is 0 Å². The Balaban J connectivity index is 4.17. The zero-order valence-corrected chi connectivity index (χ0v) is 7.29. The highest BCUT2D eigenvalue weighted by Crippen LogP contribution is 2.23. The Hall–Kier alpha value is -0.570. The van der Waals surface area contributed by atoms with E-state index in [9.17, 15) is 9.90 Å². The SMILES string of the molecule is CCC[C@@H](O)C(C)(C)C(=O)O. The third-order valence-corrected chi connectivity index (χ3v) is 1.95. The second kappa shape index (κ2) is 3.72. The summed E-state index contributed by atoms with van der Waals surface area (Å²) < 4.78 is 0. The molecule has 11 heavy (non-hydrogen) atoms. The fourth-order valence-corrected chi connectivity index (χ4v) is 0.777. The van der Waals surface area contributed by atoms with E-state index in [2.05, 4.69) is 0 Å². The van der Waals surface area contributed by atoms with E-state index in [1.807, 2.05) is 6.92 Å². The normalized spacial score (nSPS) is 14.5. The third-order valence-electron chi connectivity index (χ3n) is 1.95. The molecule has 66 valence electrons. The summed E-state index contributed by atoms with van der Waals surface area (Å²) in [6.07, 6.45) is 0.599. The Morgan fingerprint density at radius 2 is 2.00 bits per heavy atom. The molecule has 0 fully saturated rings. The molecule has 0 aliphatic heterocycles. The summed E-state index contributed by atoms with van der Waals surface area (Å²) in [5, 5.41) is 18.0. The van der Waals surface area contributed by atoms with Crippen molar-refractivity contribution in [2.24, 2.45) is 5.41 Å². The maximum atomic E-state index is 10.6. The van der Waals surface area contributed by atoms with Crippen LogP contribution in [-0.2, 0) is 4.79 Å². The summed E-state index contributed by atoms with van der Waals surface area (Å²) in [6, 6.07) is 0. The van der Waals surface area contributed by atoms with Crippen molar-refractivity contribution < 1.29 is 15.0 Å². The smallest absolute Gasteiger partial charge is 0.311 e. The largest absolute Gasteiger partial charge is 0.481 e. The molecular formula is C8H16O3. The van der Waals surface area contributed by atoms with Gasteiger partial charge in [0.15, 0.2) is 0 Å². The van der Waals surface area contributed by atoms with E-state index >= 15 is 0 Å². The first-order valence-corrected chi connectivity index (χ1v) is 3.84. The molecule has 2 N–H and O–H groups in total. The molecule has 0 bridgehead atoms. The standard InChI is InChI=1S/C8H16O3/c1-4-5-6(9)8(2,3)7(10)11/h6,9H,4-5H2,1-3H3,(H,10,11)/t6-/m1/s1. The molecule has 0 spiro atoms. The van der Waals surface area contributed by atoms with Crippen LogP contribution < -0.4 is 0 Å². The Labute approximate surface area is 67.0 Å². The van der Waals surface area contributed by atoms with Gasteiger partial charge in [-0.05, 0) is 20.3 Å². The van der Waals surface area contributed by atoms with E-state index in [0.717, 1.165) is 6.42 Å². The molecule has 0 aliphatic rings. The van der Waals surface area contributed by atoms with Crippen LogP contribution in [0.5, 0.6) is 0 Å². The van der Waals surface area contributed by atoms with Gasteiger partial charge < -0.3 is 10.2 Å². The molecule has 0 unspecified atom stereocenters. The van der Waals surface area contributed by atoms with E-state index in [1.54, 1.807) is 0 Å². The number of aliphatic hydroxyl groups is 1. The lowest BCUT2D eigenvalue weighted by Gasteiger charge is -2.25. The van der Waals surface area contributed by atoms with Crippen molar-refractivity contribution >= 4 is 5.97 Å². The number of rotatable bonds is 4. The third kappa shape index (κ3) is 2.50. The van der Waals surface area contributed by atoms with E-state index in [1.165, 1.54) is 13.8 Å². The second-order valence-electron chi connectivity index (χ2n) is 3.33. The molecule has 0 rings (SSSR count). The van der Waals surface area contributed by atoms with Crippen molar-refractivity contribution in [2.45, 2.75) is 39.7 Å². The van der Waals surface area contributed by atoms with Crippen LogP contribution in [0.4, 0.5) is 0 Å². The lowest BCUT2D eigenvalue weighted by Crippen LogP contribution is -2.36. The first-order chi connectivity index (χ1) is 4.92. The lowest BCUT2D eigenvalue weighted by molar-refractivity contribution is -0.153. The first kappa shape index (κ1) is 10.4. The number of carboxylic acids is 1. The van der Waals surface area contributed by atoms with E-state index in [-0.39, 0.29) is 0 Å². The molecule has 0 heterocycles. The fraction of sp³-hybridized carbons (Fsp3) is 0.875. The summed E-state index contributed by atoms with van der Waals surface area (Å²) >= 11 is 0. The molecule has 0 radical (unpaired) electrons. The zero-order valence-electron chi connectivity index (χ0n) is 7.29. The molecule has 0 aromatic carbocycles. The van der Waals surface area contributed by atoms with Gasteiger partial charge in [0, 0.05) is 0 Å². The van der Waals surface area contributed by atoms with Crippen molar-refractivity contribution in [3.63, 3.8) is 0 Å². The Kier molecular flexibility index (Phi) is 3.52. The Bertz CT molecular complexity index is 140. The summed E-state index contributed by atoms with van der Waals surface area (Å²) in [6.45, 7) is 4.99. The molecule has 3 heteroatoms. The average molecular weight is 160 g/mol. The van der Waals surface area contributed by atoms with Gasteiger partial charge >= 0.3 is 5.97 Å². The highest BCUT2D eigenvalue weighted by Gasteiger charge is 2.34. The van der Waals surface area contributed by atoms with Crippen LogP contribution in [0, 0.1) is 5.41 Å². The van der Waals surface area contributed by atoms with Gasteiger partial charge in [-0.25, -0.2) is 0 Å². The predicted octanol–water partition coefficient (Wildman–Crippen LogP) is 1.26. The molecular weight excluding hydrogens is 144 g/mol. The quantitative estimate of drug-likeness (QED) is 0.651. The maximum Gasteiger partial charge on any atom is 0.311 e. The van der Waals surface area contributed by atoms with Gasteiger partial charge in [0.1, 0.15) is 0 Å². The number of carboxylic acid groups (broad SMARTS) is 1. The van der Waals surface area contributed by atoms with Gasteiger partial charge in [-0.15, -0.1) is 0 Å². The summed E-state index contributed by atoms with van der Waals surface area (Å²) in [5.74, 6) is -0.946. The minimum absolute atomic E-state index is 0.541. The molecule has 3 nitrogen and oxygen atoms in total. The number of hydrogen-bond donors (Lipinski definition) is 2. The van der Waals surface area contributed by atoms with Crippen molar-refractivity contribution in [3.8, 4) is 0 Å². The number of carbonyl (C=O) groups is 1. The Morgan fingerprint density at radius 1 is 1.55 bits per heavy atom. The fourth-order valence-electron chi connectivity index (χ4n) is 0.777. The molecule has 0 aliphatic carbocycles. The van der Waals surface area contributed by atoms with Crippen molar-refractivity contribution in [1.29, 1.82) is 0 Å². The maximum absolute atomic E-state index is 10.6. The molecule has 0 amide bonds. The van der Waals surface area contributed by atoms with Crippen molar-refractivity contribution in [1.82, 2.24) is 0 Å². The summed E-state index contributed by atoms with van der Waals surface area (Å²) in [7, 11) is 0. The predicted molar refractivity (Wildman–Crippen MR) is 42.3 cm³/mol. The average Bonchev–Trinajstić information content (AvgIpc) is 1.88. The molecule has 0 aromatic rings. The van der Waals surface area contributed by atoms with Crippen LogP contribution >= 0.6 is 0 Å². The highest BCUT2D eigenvalue weighted by molar-refractivity contribution is 5.74. The summed E-state index contributed by atoms with van der Waals surface area (Å²) in [5.41, 5.74) is -1.02. The van der Waals surface area contributed by atoms with Crippen molar-refractivity contribution in [3.05, 3.63) is 0 Å². The molecule has 0 saturated heterocycles. The highest BCUT2D eigenvalue weighted by atomic mass is 16.4. The topological polar surface area (TPSA) is 57.5 Å². The molecule has 0 saturated carbocycles. The van der Waals surface area contributed by atoms with Crippen LogP contribution in [0.2, 0.25) is 0 Å². The van der Waals surface area contributed by atoms with E-state index in [4.69, 9.17) is 5.11 Å². The van der Waals surface area contributed by atoms with Crippen LogP contribution in [0.3, 0.4) is 0 Å². The van der Waals surface area contributed by atoms with Crippen LogP contribution in [0.1, 0.15) is 33.6 Å². The van der Waals surface area contributed by atoms with Gasteiger partial charge in [-0.3, -0.25) is 4.79 Å². The first-order valence-electron chi connectivity index (χ1n) is 3.84. The number of aliphatic hydroxyl groups excluding tert-OH is 1. The van der Waals surface area contributed by atoms with E-state index in [0.29, 0.717) is 6.42 Å². The zero-order chi connectivity index (χ0) is 9.07. The number of hydrogen-bond acceptors (Lipinski definition) is 2. The number of aliphatic carboxylic acids is 1. The second-order valence-corrected chi connectivity index (χ2v) is 3.33. The van der Waals surface area contributed by atoms with Gasteiger partial charge in [0.25, 0.3) is 0 Å². The van der Waals surface area contributed by atoms with E-state index < -0.39 is 17.5 Å². The summed E-state index contributed by atoms with van der Waals surface area (Å²) in [4.78, 5) is 10.6. The van der Waals surface area contributed by atoms with Gasteiger partial charge in [0.2, 0.25) is 0 Å². The van der Waals surface area contributed by atoms with Gasteiger partial charge in [-0.1, -0.05) is 13.3 Å². The Morgan fingerprint density at radius 3 is 2.27 bits per heavy atom. The monoisotopic (exact) mass is 160 g/mol. The minimum Gasteiger partial charge on any atom is -0.481 e.